The smallest absolute Gasteiger partial charge is 0.164 e. The summed E-state index contributed by atoms with van der Waals surface area (Å²) in [6, 6.07) is 40.8. The van der Waals surface area contributed by atoms with Crippen LogP contribution in [0.2, 0.25) is 0 Å². The van der Waals surface area contributed by atoms with Crippen molar-refractivity contribution in [3.05, 3.63) is 126 Å². The molecule has 1 aliphatic rings. The van der Waals surface area contributed by atoms with E-state index in [-0.39, 0.29) is 5.41 Å². The summed E-state index contributed by atoms with van der Waals surface area (Å²) in [6.07, 6.45) is 15.2. The van der Waals surface area contributed by atoms with Gasteiger partial charge in [0.05, 0.1) is 0 Å². The van der Waals surface area contributed by atoms with Gasteiger partial charge < -0.3 is 4.42 Å². The Morgan fingerprint density at radius 3 is 1.79 bits per heavy atom. The van der Waals surface area contributed by atoms with Gasteiger partial charge in [-0.15, -0.1) is 0 Å². The van der Waals surface area contributed by atoms with E-state index in [2.05, 4.69) is 98.8 Å². The molecule has 0 saturated heterocycles. The van der Waals surface area contributed by atoms with Crippen molar-refractivity contribution in [2.75, 3.05) is 0 Å². The normalized spacial score (nSPS) is 13.1. The molecule has 0 saturated carbocycles. The number of benzene rings is 5. The topological polar surface area (TPSA) is 51.8 Å². The maximum absolute atomic E-state index is 6.30. The standard InChI is InChI=1S/C48H49N3O/c1-3-5-7-9-18-32-48(33-19-10-8-6-4-2)39-28-16-14-24-35(39)43-37(26-20-29-40(43)48)46-49-45(34-22-12-11-13-23-34)50-47(51-46)38-27-21-31-42-44(38)36-25-15-17-30-41(36)52-42/h11-17,20-31H,3-10,18-19,32-33H2,1-2H3. The van der Waals surface area contributed by atoms with Crippen LogP contribution in [0.15, 0.2) is 120 Å². The van der Waals surface area contributed by atoms with E-state index in [1.165, 1.54) is 99.3 Å². The third-order valence-electron chi connectivity index (χ3n) is 11.3. The second-order valence-electron chi connectivity index (χ2n) is 14.6. The highest BCUT2D eigenvalue weighted by Crippen LogP contribution is 2.56. The Bertz CT molecular complexity index is 2290. The average molecular weight is 684 g/mol. The predicted octanol–water partition coefficient (Wildman–Crippen LogP) is 13.8. The summed E-state index contributed by atoms with van der Waals surface area (Å²) in [5, 5.41) is 2.09. The lowest BCUT2D eigenvalue weighted by atomic mass is 9.70. The van der Waals surface area contributed by atoms with E-state index in [0.717, 1.165) is 38.6 Å². The molecule has 8 rings (SSSR count). The molecular weight excluding hydrogens is 635 g/mol. The largest absolute Gasteiger partial charge is 0.456 e. The fraction of sp³-hybridized carbons (Fsp3) is 0.312. The molecule has 2 heterocycles. The van der Waals surface area contributed by atoms with Crippen molar-refractivity contribution in [3.63, 3.8) is 0 Å². The molecule has 0 N–H and O–H groups in total. The predicted molar refractivity (Wildman–Crippen MR) is 216 cm³/mol. The molecule has 0 amide bonds. The van der Waals surface area contributed by atoms with Gasteiger partial charge in [0.25, 0.3) is 0 Å². The first-order valence-corrected chi connectivity index (χ1v) is 19.7. The summed E-state index contributed by atoms with van der Waals surface area (Å²) < 4.78 is 6.30. The summed E-state index contributed by atoms with van der Waals surface area (Å²) >= 11 is 0. The lowest BCUT2D eigenvalue weighted by molar-refractivity contribution is 0.399. The summed E-state index contributed by atoms with van der Waals surface area (Å²) in [6.45, 7) is 4.60. The Morgan fingerprint density at radius 2 is 1.02 bits per heavy atom. The molecule has 0 aliphatic heterocycles. The molecule has 0 fully saturated rings. The van der Waals surface area contributed by atoms with E-state index in [0.29, 0.717) is 17.5 Å². The van der Waals surface area contributed by atoms with E-state index in [1.54, 1.807) is 0 Å². The zero-order chi connectivity index (χ0) is 35.3. The molecule has 0 spiro atoms. The van der Waals surface area contributed by atoms with Crippen LogP contribution in [0.5, 0.6) is 0 Å². The number of fused-ring (bicyclic) bond motifs is 6. The van der Waals surface area contributed by atoms with E-state index in [4.69, 9.17) is 19.4 Å². The molecule has 4 heteroatoms. The molecule has 1 aliphatic carbocycles. The van der Waals surface area contributed by atoms with Crippen molar-refractivity contribution in [2.24, 2.45) is 0 Å². The lowest BCUT2D eigenvalue weighted by Crippen LogP contribution is -2.25. The number of para-hydroxylation sites is 1. The van der Waals surface area contributed by atoms with Gasteiger partial charge in [-0.05, 0) is 47.2 Å². The Hall–Kier alpha value is -5.09. The number of unbranched alkanes of at least 4 members (excludes halogenated alkanes) is 8. The Morgan fingerprint density at radius 1 is 0.462 bits per heavy atom. The van der Waals surface area contributed by atoms with Crippen LogP contribution in [-0.4, -0.2) is 15.0 Å². The first kappa shape index (κ1) is 34.0. The average Bonchev–Trinajstić information content (AvgIpc) is 3.72. The molecule has 2 aromatic heterocycles. The summed E-state index contributed by atoms with van der Waals surface area (Å²) in [4.78, 5) is 15.8. The van der Waals surface area contributed by atoms with Crippen LogP contribution in [0.25, 0.3) is 67.2 Å². The van der Waals surface area contributed by atoms with Crippen molar-refractivity contribution in [3.8, 4) is 45.3 Å². The van der Waals surface area contributed by atoms with E-state index in [1.807, 2.05) is 30.3 Å². The molecule has 5 aromatic carbocycles. The minimum absolute atomic E-state index is 0.0141. The summed E-state index contributed by atoms with van der Waals surface area (Å²) in [5.41, 5.74) is 10.2. The van der Waals surface area contributed by atoms with Crippen LogP contribution in [-0.2, 0) is 5.41 Å². The zero-order valence-corrected chi connectivity index (χ0v) is 30.7. The molecule has 4 nitrogen and oxygen atoms in total. The lowest BCUT2D eigenvalue weighted by Gasteiger charge is -2.33. The van der Waals surface area contributed by atoms with E-state index >= 15 is 0 Å². The molecule has 0 bridgehead atoms. The molecule has 52 heavy (non-hydrogen) atoms. The SMILES string of the molecule is CCCCCCCC1(CCCCCCC)c2ccccc2-c2c(-c3nc(-c4ccccc4)nc(-c4cccc5oc6ccccc6c45)n3)cccc21. The first-order valence-electron chi connectivity index (χ1n) is 19.7. The summed E-state index contributed by atoms with van der Waals surface area (Å²) in [7, 11) is 0. The highest BCUT2D eigenvalue weighted by molar-refractivity contribution is 6.11. The van der Waals surface area contributed by atoms with Crippen molar-refractivity contribution in [1.82, 2.24) is 15.0 Å². The highest BCUT2D eigenvalue weighted by atomic mass is 16.3. The second kappa shape index (κ2) is 15.3. The summed E-state index contributed by atoms with van der Waals surface area (Å²) in [5.74, 6) is 2.04. The third-order valence-corrected chi connectivity index (χ3v) is 11.3. The molecule has 262 valence electrons. The number of furan rings is 1. The highest BCUT2D eigenvalue weighted by Gasteiger charge is 2.43. The zero-order valence-electron chi connectivity index (χ0n) is 30.7. The van der Waals surface area contributed by atoms with Gasteiger partial charge in [0.2, 0.25) is 0 Å². The van der Waals surface area contributed by atoms with Gasteiger partial charge in [-0.25, -0.2) is 15.0 Å². The monoisotopic (exact) mass is 683 g/mol. The minimum atomic E-state index is -0.0141. The fourth-order valence-corrected chi connectivity index (χ4v) is 8.71. The van der Waals surface area contributed by atoms with E-state index < -0.39 is 0 Å². The van der Waals surface area contributed by atoms with Gasteiger partial charge in [-0.3, -0.25) is 0 Å². The van der Waals surface area contributed by atoms with Crippen LogP contribution in [0.4, 0.5) is 0 Å². The van der Waals surface area contributed by atoms with Crippen molar-refractivity contribution in [1.29, 1.82) is 0 Å². The second-order valence-corrected chi connectivity index (χ2v) is 14.6. The Labute approximate surface area is 308 Å². The van der Waals surface area contributed by atoms with Crippen LogP contribution >= 0.6 is 0 Å². The van der Waals surface area contributed by atoms with Gasteiger partial charge in [0, 0.05) is 32.9 Å². The molecule has 0 unspecified atom stereocenters. The van der Waals surface area contributed by atoms with Gasteiger partial charge >= 0.3 is 0 Å². The molecule has 0 atom stereocenters. The maximum Gasteiger partial charge on any atom is 0.164 e. The Balaban J connectivity index is 1.31. The number of hydrogen-bond donors (Lipinski definition) is 0. The number of nitrogens with zero attached hydrogens (tertiary/aromatic N) is 3. The van der Waals surface area contributed by atoms with Gasteiger partial charge in [0.1, 0.15) is 11.2 Å². The van der Waals surface area contributed by atoms with Crippen LogP contribution in [0.3, 0.4) is 0 Å². The van der Waals surface area contributed by atoms with Gasteiger partial charge in [0.15, 0.2) is 17.5 Å². The third kappa shape index (κ3) is 6.34. The van der Waals surface area contributed by atoms with Gasteiger partial charge in [-0.1, -0.05) is 181 Å². The van der Waals surface area contributed by atoms with Crippen LogP contribution in [0.1, 0.15) is 102 Å². The van der Waals surface area contributed by atoms with E-state index in [9.17, 15) is 0 Å². The number of hydrogen-bond acceptors (Lipinski definition) is 4. The van der Waals surface area contributed by atoms with Crippen molar-refractivity contribution < 1.29 is 4.42 Å². The Kier molecular flexibility index (Phi) is 9.98. The molecular formula is C48H49N3O. The van der Waals surface area contributed by atoms with Crippen molar-refractivity contribution in [2.45, 2.75) is 96.3 Å². The van der Waals surface area contributed by atoms with Crippen LogP contribution < -0.4 is 0 Å². The van der Waals surface area contributed by atoms with Crippen LogP contribution in [0, 0.1) is 0 Å². The molecule has 7 aromatic rings. The quantitative estimate of drug-likeness (QED) is 0.101. The number of rotatable bonds is 15. The van der Waals surface area contributed by atoms with Gasteiger partial charge in [-0.2, -0.15) is 0 Å². The first-order chi connectivity index (χ1) is 25.7. The maximum atomic E-state index is 6.30. The fourth-order valence-electron chi connectivity index (χ4n) is 8.71. The number of aromatic nitrogens is 3. The molecule has 0 radical (unpaired) electrons. The van der Waals surface area contributed by atoms with Crippen molar-refractivity contribution >= 4 is 21.9 Å². The minimum Gasteiger partial charge on any atom is -0.456 e.